The monoisotopic (exact) mass is 450 g/mol. The number of sulfonamides is 1. The molecule has 0 aromatic heterocycles. The molecule has 0 saturated carbocycles. The Morgan fingerprint density at radius 2 is 1.59 bits per heavy atom. The van der Waals surface area contributed by atoms with Crippen molar-refractivity contribution >= 4 is 15.9 Å². The third kappa shape index (κ3) is 4.84. The molecule has 0 unspecified atom stereocenters. The van der Waals surface area contributed by atoms with Crippen molar-refractivity contribution in [3.63, 3.8) is 0 Å². The van der Waals surface area contributed by atoms with Gasteiger partial charge in [-0.2, -0.15) is 4.31 Å². The molecule has 1 aliphatic heterocycles. The van der Waals surface area contributed by atoms with E-state index < -0.39 is 10.0 Å². The molecule has 0 spiro atoms. The van der Waals surface area contributed by atoms with Gasteiger partial charge in [-0.05, 0) is 53.9 Å². The van der Waals surface area contributed by atoms with Crippen LogP contribution in [0.5, 0.6) is 5.75 Å². The maximum Gasteiger partial charge on any atom is 0.253 e. The second-order valence-corrected chi connectivity index (χ2v) is 9.71. The molecule has 0 N–H and O–H groups in total. The van der Waals surface area contributed by atoms with Gasteiger partial charge >= 0.3 is 0 Å². The maximum absolute atomic E-state index is 13.1. The van der Waals surface area contributed by atoms with Crippen molar-refractivity contribution in [1.29, 1.82) is 0 Å². The molecule has 7 heteroatoms. The number of likely N-dealkylation sites (N-methyl/N-ethyl adjacent to an activating group) is 1. The first-order chi connectivity index (χ1) is 15.4. The zero-order chi connectivity index (χ0) is 22.6. The minimum atomic E-state index is -3.62. The molecule has 3 aromatic carbocycles. The molecule has 1 heterocycles. The van der Waals surface area contributed by atoms with Gasteiger partial charge in [0.1, 0.15) is 12.4 Å². The molecule has 1 aliphatic rings. The van der Waals surface area contributed by atoms with E-state index in [2.05, 4.69) is 0 Å². The molecular formula is C25H26N2O4S. The van der Waals surface area contributed by atoms with E-state index in [0.717, 1.165) is 11.3 Å². The smallest absolute Gasteiger partial charge is 0.253 e. The maximum atomic E-state index is 13.1. The number of amides is 1. The average Bonchev–Trinajstić information content (AvgIpc) is 2.84. The van der Waals surface area contributed by atoms with Gasteiger partial charge in [-0.3, -0.25) is 4.79 Å². The van der Waals surface area contributed by atoms with Crippen molar-refractivity contribution in [2.45, 2.75) is 17.9 Å². The zero-order valence-electron chi connectivity index (χ0n) is 18.0. The number of benzene rings is 3. The number of carbonyl (C=O) groups excluding carboxylic acids is 1. The summed E-state index contributed by atoms with van der Waals surface area (Å²) in [5, 5.41) is 0. The molecule has 1 amide bonds. The summed E-state index contributed by atoms with van der Waals surface area (Å²) < 4.78 is 33.3. The van der Waals surface area contributed by atoms with E-state index in [1.165, 1.54) is 22.0 Å². The van der Waals surface area contributed by atoms with Gasteiger partial charge in [0.15, 0.2) is 0 Å². The van der Waals surface area contributed by atoms with E-state index in [1.54, 1.807) is 24.1 Å². The number of nitrogens with zero attached hydrogens (tertiary/aromatic N) is 2. The van der Waals surface area contributed by atoms with Gasteiger partial charge in [0.05, 0.1) is 11.4 Å². The second kappa shape index (κ2) is 9.54. The first kappa shape index (κ1) is 22.0. The normalized spacial score (nSPS) is 13.9. The molecule has 6 nitrogen and oxygen atoms in total. The van der Waals surface area contributed by atoms with E-state index >= 15 is 0 Å². The van der Waals surface area contributed by atoms with E-state index in [-0.39, 0.29) is 10.8 Å². The molecular weight excluding hydrogens is 424 g/mol. The molecule has 0 bridgehead atoms. The highest BCUT2D eigenvalue weighted by atomic mass is 32.2. The van der Waals surface area contributed by atoms with Gasteiger partial charge in [-0.25, -0.2) is 8.42 Å². The molecule has 0 fully saturated rings. The molecule has 0 aliphatic carbocycles. The number of carbonyl (C=O) groups is 1. The Morgan fingerprint density at radius 3 is 2.31 bits per heavy atom. The molecule has 3 aromatic rings. The lowest BCUT2D eigenvalue weighted by molar-refractivity contribution is 0.0773. The molecule has 0 atom stereocenters. The Kier molecular flexibility index (Phi) is 6.58. The van der Waals surface area contributed by atoms with Crippen LogP contribution in [0, 0.1) is 0 Å². The Labute approximate surface area is 189 Å². The summed E-state index contributed by atoms with van der Waals surface area (Å²) in [6, 6.07) is 23.5. The summed E-state index contributed by atoms with van der Waals surface area (Å²) in [4.78, 5) is 14.5. The molecule has 0 saturated heterocycles. The zero-order valence-corrected chi connectivity index (χ0v) is 18.8. The van der Waals surface area contributed by atoms with Gasteiger partial charge in [-0.1, -0.05) is 42.5 Å². The van der Waals surface area contributed by atoms with Crippen LogP contribution in [0.15, 0.2) is 83.8 Å². The van der Waals surface area contributed by atoms with E-state index in [1.807, 2.05) is 54.6 Å². The van der Waals surface area contributed by atoms with Crippen LogP contribution in [-0.2, 0) is 23.0 Å². The number of fused-ring (bicyclic) bond motifs is 1. The third-order valence-electron chi connectivity index (χ3n) is 5.62. The lowest BCUT2D eigenvalue weighted by Gasteiger charge is -2.28. The predicted octanol–water partition coefficient (Wildman–Crippen LogP) is 3.58. The number of ether oxygens (including phenoxy) is 1. The summed E-state index contributed by atoms with van der Waals surface area (Å²) >= 11 is 0. The molecule has 166 valence electrons. The Morgan fingerprint density at radius 1 is 0.938 bits per heavy atom. The van der Waals surface area contributed by atoms with Gasteiger partial charge in [0, 0.05) is 25.7 Å². The van der Waals surface area contributed by atoms with Crippen molar-refractivity contribution in [3.8, 4) is 5.75 Å². The lowest BCUT2D eigenvalue weighted by atomic mass is 10.0. The number of para-hydroxylation sites is 1. The van der Waals surface area contributed by atoms with Crippen LogP contribution in [0.25, 0.3) is 0 Å². The standard InChI is InChI=1S/C25H26N2O4S/c1-26(17-18-31-23-9-3-2-4-10-23)25(28)21-11-13-24(14-12-21)32(29,30)27-16-15-20-7-5-6-8-22(20)19-27/h2-14H,15-19H2,1H3. The Balaban J connectivity index is 1.38. The van der Waals surface area contributed by atoms with Crippen LogP contribution < -0.4 is 4.74 Å². The van der Waals surface area contributed by atoms with Crippen LogP contribution in [0.3, 0.4) is 0 Å². The number of rotatable bonds is 7. The van der Waals surface area contributed by atoms with E-state index in [0.29, 0.717) is 38.2 Å². The van der Waals surface area contributed by atoms with Crippen LogP contribution in [-0.4, -0.2) is 50.3 Å². The van der Waals surface area contributed by atoms with Gasteiger partial charge in [-0.15, -0.1) is 0 Å². The first-order valence-electron chi connectivity index (χ1n) is 10.6. The summed E-state index contributed by atoms with van der Waals surface area (Å²) in [5.41, 5.74) is 2.67. The highest BCUT2D eigenvalue weighted by Gasteiger charge is 2.28. The van der Waals surface area contributed by atoms with Crippen molar-refractivity contribution < 1.29 is 17.9 Å². The number of hydrogen-bond donors (Lipinski definition) is 0. The van der Waals surface area contributed by atoms with Crippen molar-refractivity contribution in [2.24, 2.45) is 0 Å². The van der Waals surface area contributed by atoms with Gasteiger partial charge in [0.2, 0.25) is 10.0 Å². The van der Waals surface area contributed by atoms with Gasteiger partial charge < -0.3 is 9.64 Å². The Bertz CT molecular complexity index is 1180. The summed E-state index contributed by atoms with van der Waals surface area (Å²) in [6.07, 6.45) is 0.696. The lowest BCUT2D eigenvalue weighted by Crippen LogP contribution is -2.36. The van der Waals surface area contributed by atoms with Crippen LogP contribution in [0.2, 0.25) is 0 Å². The van der Waals surface area contributed by atoms with E-state index in [4.69, 9.17) is 4.74 Å². The van der Waals surface area contributed by atoms with E-state index in [9.17, 15) is 13.2 Å². The minimum Gasteiger partial charge on any atom is -0.492 e. The molecule has 0 radical (unpaired) electrons. The second-order valence-electron chi connectivity index (χ2n) is 7.77. The third-order valence-corrected chi connectivity index (χ3v) is 7.48. The minimum absolute atomic E-state index is 0.183. The first-order valence-corrected chi connectivity index (χ1v) is 12.0. The van der Waals surface area contributed by atoms with Crippen LogP contribution in [0.1, 0.15) is 21.5 Å². The quantitative estimate of drug-likeness (QED) is 0.552. The SMILES string of the molecule is CN(CCOc1ccccc1)C(=O)c1ccc(S(=O)(=O)N2CCc3ccccc3C2)cc1. The summed E-state index contributed by atoms with van der Waals surface area (Å²) in [7, 11) is -1.92. The van der Waals surface area contributed by atoms with Crippen molar-refractivity contribution in [1.82, 2.24) is 9.21 Å². The summed E-state index contributed by atoms with van der Waals surface area (Å²) in [5.74, 6) is 0.570. The largest absolute Gasteiger partial charge is 0.492 e. The van der Waals surface area contributed by atoms with Crippen LogP contribution in [0.4, 0.5) is 0 Å². The van der Waals surface area contributed by atoms with Crippen molar-refractivity contribution in [3.05, 3.63) is 95.6 Å². The predicted molar refractivity (Wildman–Crippen MR) is 123 cm³/mol. The average molecular weight is 451 g/mol. The highest BCUT2D eigenvalue weighted by Crippen LogP contribution is 2.25. The fourth-order valence-corrected chi connectivity index (χ4v) is 5.15. The topological polar surface area (TPSA) is 66.9 Å². The van der Waals surface area contributed by atoms with Crippen LogP contribution >= 0.6 is 0 Å². The fourth-order valence-electron chi connectivity index (χ4n) is 3.73. The molecule has 32 heavy (non-hydrogen) atoms. The van der Waals surface area contributed by atoms with Crippen molar-refractivity contribution in [2.75, 3.05) is 26.7 Å². The fraction of sp³-hybridized carbons (Fsp3) is 0.240. The van der Waals surface area contributed by atoms with Gasteiger partial charge in [0.25, 0.3) is 5.91 Å². The highest BCUT2D eigenvalue weighted by molar-refractivity contribution is 7.89. The molecule has 4 rings (SSSR count). The summed E-state index contributed by atoms with van der Waals surface area (Å²) in [6.45, 7) is 1.60. The Hall–Kier alpha value is -3.16. The number of hydrogen-bond acceptors (Lipinski definition) is 4.